The Balaban J connectivity index is 0.931. The summed E-state index contributed by atoms with van der Waals surface area (Å²) in [5, 5.41) is 3.27. The van der Waals surface area contributed by atoms with Gasteiger partial charge in [-0.25, -0.2) is 0 Å². The minimum Gasteiger partial charge on any atom is -0.488 e. The minimum absolute atomic E-state index is 0.257. The summed E-state index contributed by atoms with van der Waals surface area (Å²) in [5.41, 5.74) is 14.4. The van der Waals surface area contributed by atoms with Gasteiger partial charge in [-0.15, -0.1) is 0 Å². The van der Waals surface area contributed by atoms with Crippen LogP contribution in [-0.4, -0.2) is 18.6 Å². The molecule has 5 N–H and O–H groups in total. The summed E-state index contributed by atoms with van der Waals surface area (Å²) in [6.45, 7) is 10.9. The molecule has 1 aromatic carbocycles. The number of unbranched alkanes of at least 4 members (excludes halogenated alkanes) is 15. The SMILES string of the molecule is CCCCCCCCCCCCCCCCCCNC(=O)CC[C@@H](C)[C@H]1CC[C@H]2[C@@H]3CCC4CC(Oc5ccc(N)cc5N)CC[C@]4(C)[C@H]3CC[C@]12C. The van der Waals surface area contributed by atoms with Crippen LogP contribution in [0.15, 0.2) is 18.2 Å². The Kier molecular flexibility index (Phi) is 16.6. The number of hydrogen-bond acceptors (Lipinski definition) is 4. The molecule has 53 heavy (non-hydrogen) atoms. The number of hydrogen-bond donors (Lipinski definition) is 3. The van der Waals surface area contributed by atoms with E-state index in [-0.39, 0.29) is 12.0 Å². The highest BCUT2D eigenvalue weighted by Crippen LogP contribution is 2.68. The second-order valence-electron chi connectivity index (χ2n) is 19.4. The molecule has 0 radical (unpaired) electrons. The smallest absolute Gasteiger partial charge is 0.220 e. The van der Waals surface area contributed by atoms with E-state index in [0.717, 1.165) is 67.6 Å². The van der Waals surface area contributed by atoms with E-state index in [1.807, 2.05) is 18.2 Å². The van der Waals surface area contributed by atoms with Gasteiger partial charge in [0.15, 0.2) is 0 Å². The third-order valence-electron chi connectivity index (χ3n) is 15.9. The van der Waals surface area contributed by atoms with Crippen molar-refractivity contribution in [3.8, 4) is 5.75 Å². The summed E-state index contributed by atoms with van der Waals surface area (Å²) in [5.74, 6) is 5.81. The summed E-state index contributed by atoms with van der Waals surface area (Å²) in [4.78, 5) is 12.9. The first-order chi connectivity index (χ1) is 25.7. The van der Waals surface area contributed by atoms with Gasteiger partial charge >= 0.3 is 0 Å². The summed E-state index contributed by atoms with van der Waals surface area (Å²) >= 11 is 0. The van der Waals surface area contributed by atoms with Crippen LogP contribution in [0, 0.1) is 46.3 Å². The van der Waals surface area contributed by atoms with E-state index in [4.69, 9.17) is 16.2 Å². The van der Waals surface area contributed by atoms with Gasteiger partial charge in [-0.3, -0.25) is 4.79 Å². The van der Waals surface area contributed by atoms with E-state index in [9.17, 15) is 4.79 Å². The lowest BCUT2D eigenvalue weighted by Gasteiger charge is -2.61. The molecule has 4 saturated carbocycles. The van der Waals surface area contributed by atoms with Gasteiger partial charge in [0, 0.05) is 18.7 Å². The van der Waals surface area contributed by atoms with Gasteiger partial charge in [-0.1, -0.05) is 124 Å². The molecule has 1 aromatic rings. The standard InChI is InChI=1S/C48H83N3O2/c1-5-6-7-8-9-10-11-12-13-14-15-16-17-18-19-20-33-51-46(52)28-21-36(2)41-25-26-42-40-24-22-37-34-39(53-45-27-23-38(49)35-44(45)50)29-31-47(37,3)43(40)30-32-48(41,42)4/h23,27,35-37,39-43H,5-22,24-26,28-34,49-50H2,1-4H3,(H,51,52)/t36-,37?,39?,40+,41-,42+,43+,47+,48-/m1/s1. The molecule has 0 bridgehead atoms. The molecule has 0 aliphatic heterocycles. The number of amides is 1. The predicted molar refractivity (Wildman–Crippen MR) is 226 cm³/mol. The Morgan fingerprint density at radius 1 is 0.774 bits per heavy atom. The van der Waals surface area contributed by atoms with Crippen LogP contribution in [0.2, 0.25) is 0 Å². The van der Waals surface area contributed by atoms with Crippen molar-refractivity contribution < 1.29 is 9.53 Å². The van der Waals surface area contributed by atoms with E-state index >= 15 is 0 Å². The van der Waals surface area contributed by atoms with E-state index in [2.05, 4.69) is 33.0 Å². The van der Waals surface area contributed by atoms with Gasteiger partial charge in [-0.2, -0.15) is 0 Å². The van der Waals surface area contributed by atoms with Crippen LogP contribution in [-0.2, 0) is 4.79 Å². The number of benzene rings is 1. The van der Waals surface area contributed by atoms with Crippen molar-refractivity contribution in [2.75, 3.05) is 18.0 Å². The Labute approximate surface area is 326 Å². The third-order valence-corrected chi connectivity index (χ3v) is 15.9. The lowest BCUT2D eigenvalue weighted by atomic mass is 9.44. The molecule has 0 aromatic heterocycles. The molecule has 0 heterocycles. The molecule has 4 aliphatic rings. The quantitative estimate of drug-likeness (QED) is 0.0771. The molecule has 5 nitrogen and oxygen atoms in total. The zero-order valence-electron chi connectivity index (χ0n) is 35.0. The maximum absolute atomic E-state index is 12.9. The van der Waals surface area contributed by atoms with Crippen molar-refractivity contribution in [3.63, 3.8) is 0 Å². The number of carbonyl (C=O) groups is 1. The van der Waals surface area contributed by atoms with Crippen molar-refractivity contribution in [2.45, 2.75) is 207 Å². The highest BCUT2D eigenvalue weighted by Gasteiger charge is 2.60. The fraction of sp³-hybridized carbons (Fsp3) is 0.854. The van der Waals surface area contributed by atoms with Gasteiger partial charge in [0.2, 0.25) is 5.91 Å². The molecule has 1 amide bonds. The Hall–Kier alpha value is -1.91. The second-order valence-corrected chi connectivity index (χ2v) is 19.4. The number of rotatable bonds is 23. The molecular formula is C48H83N3O2. The average Bonchev–Trinajstić information content (AvgIpc) is 3.50. The lowest BCUT2D eigenvalue weighted by Crippen LogP contribution is -2.54. The molecule has 302 valence electrons. The number of nitrogens with two attached hydrogens (primary N) is 2. The van der Waals surface area contributed by atoms with E-state index in [0.29, 0.717) is 34.5 Å². The number of nitrogen functional groups attached to an aromatic ring is 2. The maximum Gasteiger partial charge on any atom is 0.220 e. The summed E-state index contributed by atoms with van der Waals surface area (Å²) in [6.07, 6.45) is 36.0. The van der Waals surface area contributed by atoms with Crippen LogP contribution in [0.25, 0.3) is 0 Å². The van der Waals surface area contributed by atoms with Gasteiger partial charge in [-0.05, 0) is 135 Å². The van der Waals surface area contributed by atoms with E-state index < -0.39 is 0 Å². The summed E-state index contributed by atoms with van der Waals surface area (Å²) in [6, 6.07) is 5.67. The molecular weight excluding hydrogens is 651 g/mol. The van der Waals surface area contributed by atoms with Crippen LogP contribution >= 0.6 is 0 Å². The first-order valence-electron chi connectivity index (χ1n) is 23.2. The fourth-order valence-electron chi connectivity index (χ4n) is 12.7. The highest BCUT2D eigenvalue weighted by atomic mass is 16.5. The number of anilines is 2. The molecule has 0 spiro atoms. The van der Waals surface area contributed by atoms with Crippen molar-refractivity contribution >= 4 is 17.3 Å². The van der Waals surface area contributed by atoms with Gasteiger partial charge in [0.05, 0.1) is 11.8 Å². The second kappa shape index (κ2) is 20.8. The third kappa shape index (κ3) is 11.3. The lowest BCUT2D eigenvalue weighted by molar-refractivity contribution is -0.127. The zero-order valence-corrected chi connectivity index (χ0v) is 35.0. The van der Waals surface area contributed by atoms with Crippen LogP contribution < -0.4 is 21.5 Å². The largest absolute Gasteiger partial charge is 0.488 e. The molecule has 5 rings (SSSR count). The van der Waals surface area contributed by atoms with Crippen molar-refractivity contribution in [1.29, 1.82) is 0 Å². The van der Waals surface area contributed by atoms with Crippen LogP contribution in [0.4, 0.5) is 11.4 Å². The maximum atomic E-state index is 12.9. The zero-order chi connectivity index (χ0) is 37.7. The topological polar surface area (TPSA) is 90.4 Å². The Bertz CT molecular complexity index is 1240. The van der Waals surface area contributed by atoms with Crippen molar-refractivity contribution in [3.05, 3.63) is 18.2 Å². The minimum atomic E-state index is 0.257. The molecule has 9 atom stereocenters. The van der Waals surface area contributed by atoms with E-state index in [1.54, 1.807) is 0 Å². The summed E-state index contributed by atoms with van der Waals surface area (Å²) < 4.78 is 6.50. The monoisotopic (exact) mass is 734 g/mol. The molecule has 2 unspecified atom stereocenters. The number of nitrogens with one attached hydrogen (secondary N) is 1. The normalized spacial score (nSPS) is 31.3. The summed E-state index contributed by atoms with van der Waals surface area (Å²) in [7, 11) is 0. The Morgan fingerprint density at radius 2 is 1.38 bits per heavy atom. The Morgan fingerprint density at radius 3 is 2.02 bits per heavy atom. The van der Waals surface area contributed by atoms with Crippen molar-refractivity contribution in [2.24, 2.45) is 46.3 Å². The molecule has 4 fully saturated rings. The van der Waals surface area contributed by atoms with Crippen molar-refractivity contribution in [1.82, 2.24) is 5.32 Å². The average molecular weight is 734 g/mol. The van der Waals surface area contributed by atoms with Crippen LogP contribution in [0.1, 0.15) is 201 Å². The first kappa shape index (κ1) is 42.2. The van der Waals surface area contributed by atoms with Gasteiger partial charge in [0.25, 0.3) is 0 Å². The predicted octanol–water partition coefficient (Wildman–Crippen LogP) is 13.1. The number of ether oxygens (including phenoxy) is 1. The first-order valence-corrected chi connectivity index (χ1v) is 23.2. The fourth-order valence-corrected chi connectivity index (χ4v) is 12.7. The molecule has 4 aliphatic carbocycles. The van der Waals surface area contributed by atoms with Gasteiger partial charge in [0.1, 0.15) is 5.75 Å². The van der Waals surface area contributed by atoms with E-state index in [1.165, 1.54) is 141 Å². The van der Waals surface area contributed by atoms with Crippen LogP contribution in [0.3, 0.4) is 0 Å². The number of fused-ring (bicyclic) bond motifs is 5. The molecule has 0 saturated heterocycles. The van der Waals surface area contributed by atoms with Gasteiger partial charge < -0.3 is 21.5 Å². The highest BCUT2D eigenvalue weighted by molar-refractivity contribution is 5.75. The molecule has 5 heteroatoms. The van der Waals surface area contributed by atoms with Crippen LogP contribution in [0.5, 0.6) is 5.75 Å². The number of carbonyl (C=O) groups excluding carboxylic acids is 1.